The van der Waals surface area contributed by atoms with Crippen LogP contribution in [-0.2, 0) is 76.3 Å². The fourth-order valence-corrected chi connectivity index (χ4v) is 14.5. The van der Waals surface area contributed by atoms with Crippen LogP contribution in [0.1, 0.15) is 153 Å². The van der Waals surface area contributed by atoms with E-state index in [0.29, 0.717) is 35.2 Å². The van der Waals surface area contributed by atoms with E-state index >= 15 is 0 Å². The second-order valence-electron chi connectivity index (χ2n) is 30.7. The van der Waals surface area contributed by atoms with Crippen LogP contribution in [0.4, 0.5) is 31.4 Å². The number of hydrogen-bond donors (Lipinski definition) is 11. The predicted molar refractivity (Wildman–Crippen MR) is 553 cm³/mol. The largest absolute Gasteiger partial charge is 1.00 e. The van der Waals surface area contributed by atoms with Gasteiger partial charge in [0.05, 0.1) is 114 Å². The van der Waals surface area contributed by atoms with Crippen molar-refractivity contribution in [2.24, 2.45) is 23.5 Å². The predicted octanol–water partition coefficient (Wildman–Crippen LogP) is 14.0. The number of benzene rings is 8. The van der Waals surface area contributed by atoms with Crippen molar-refractivity contribution in [3.05, 3.63) is 260 Å². The Labute approximate surface area is 943 Å². The van der Waals surface area contributed by atoms with Gasteiger partial charge in [-0.15, -0.1) is 0 Å². The molecule has 0 unspecified atom stereocenters. The fourth-order valence-electron chi connectivity index (χ4n) is 11.4. The minimum absolute atomic E-state index is 0. The van der Waals surface area contributed by atoms with Gasteiger partial charge in [-0.2, -0.15) is 0 Å². The van der Waals surface area contributed by atoms with Gasteiger partial charge in [-0.05, 0) is 149 Å². The normalized spacial score (nSPS) is 11.9. The average Bonchev–Trinajstić information content (AvgIpc) is 0.848. The Morgan fingerprint density at radius 2 is 0.568 bits per heavy atom. The van der Waals surface area contributed by atoms with Crippen molar-refractivity contribution in [2.75, 3.05) is 61.8 Å². The summed E-state index contributed by atoms with van der Waals surface area (Å²) >= 11 is 61.5. The molecular weight excluding hydrogens is 2210 g/mol. The van der Waals surface area contributed by atoms with Crippen LogP contribution in [-0.4, -0.2) is 210 Å². The summed E-state index contributed by atoms with van der Waals surface area (Å²) in [5.41, 5.74) is 6.89. The SMILES string of the molecule is CC(C)[C@H](OC(=O)Nc1ccccc1)C(=O)N[C@@H](CC(=O)O)C(=O)COC(=O)c1c(Cl)cccc1Cl.CC(C)[C@H](OC(=O)Nc1ccccc1)C(=O)O.CC[C@H](N)C(=O)COC(=O)c1c(Cl)cccc1Cl.CC[C@H](NC(=O)[C@@H](OC(=O)Nc1ccccc1)C(C)C)C(=O)COC(=O)c1c(Cl)cccc1Cl.CC[C@H](NC)C(=O)CBr.CC[C@H](NC)C(=O)COC(=O)c1c(Cl)cccc1Cl.O=C(O)c1c(Cl)cccc1Cl.[F-].[K+]. The zero-order chi connectivity index (χ0) is 109. The number of carbonyl (C=O) groups excluding carboxylic acids is 14. The Balaban J connectivity index is 0.00000176. The maximum absolute atomic E-state index is 12.8. The monoisotopic (exact) mass is 2320 g/mol. The van der Waals surface area contributed by atoms with Crippen LogP contribution in [0, 0.1) is 17.8 Å². The molecule has 35 nitrogen and oxygen atoms in total. The number of aliphatic carboxylic acids is 2. The van der Waals surface area contributed by atoms with Gasteiger partial charge in [0.25, 0.3) is 11.8 Å². The number of esters is 4. The van der Waals surface area contributed by atoms with Crippen LogP contribution >= 0.6 is 132 Å². The number of carboxylic acid groups (broad SMARTS) is 3. The molecule has 8 aromatic carbocycles. The first-order valence-electron chi connectivity index (χ1n) is 43.5. The van der Waals surface area contributed by atoms with Gasteiger partial charge in [-0.1, -0.05) is 286 Å². The Morgan fingerprint density at radius 3 is 0.788 bits per heavy atom. The number of carbonyl (C=O) groups is 17. The number of rotatable bonds is 41. The summed E-state index contributed by atoms with van der Waals surface area (Å²) < 4.78 is 35.1. The molecule has 788 valence electrons. The van der Waals surface area contributed by atoms with E-state index in [1.165, 1.54) is 66.7 Å². The van der Waals surface area contributed by atoms with Crippen LogP contribution in [0.5, 0.6) is 0 Å². The molecule has 0 radical (unpaired) electrons. The maximum Gasteiger partial charge on any atom is 1.00 e. The van der Waals surface area contributed by atoms with Crippen molar-refractivity contribution < 1.29 is 186 Å². The van der Waals surface area contributed by atoms with Crippen molar-refractivity contribution in [2.45, 2.75) is 150 Å². The first-order chi connectivity index (χ1) is 68.0. The first-order valence-corrected chi connectivity index (χ1v) is 48.4. The van der Waals surface area contributed by atoms with E-state index in [4.69, 9.17) is 165 Å². The van der Waals surface area contributed by atoms with Gasteiger partial charge in [-0.3, -0.25) is 54.3 Å². The van der Waals surface area contributed by atoms with Crippen LogP contribution in [0.2, 0.25) is 50.2 Å². The topological polar surface area (TPSA) is 526 Å². The van der Waals surface area contributed by atoms with Crippen molar-refractivity contribution in [1.29, 1.82) is 0 Å². The van der Waals surface area contributed by atoms with Gasteiger partial charge in [0.15, 0.2) is 67.6 Å². The average molecular weight is 2320 g/mol. The van der Waals surface area contributed by atoms with Crippen LogP contribution in [0.3, 0.4) is 0 Å². The number of carboxylic acids is 3. The number of aromatic carboxylic acids is 1. The summed E-state index contributed by atoms with van der Waals surface area (Å²) in [5.74, 6) is -11.4. The van der Waals surface area contributed by atoms with Gasteiger partial charge in [0.1, 0.15) is 6.04 Å². The van der Waals surface area contributed by atoms with Crippen molar-refractivity contribution >= 4 is 250 Å². The van der Waals surface area contributed by atoms with E-state index in [1.807, 2.05) is 19.9 Å². The zero-order valence-corrected chi connectivity index (χ0v) is 93.3. The Kier molecular flexibility index (Phi) is 68.1. The van der Waals surface area contributed by atoms with E-state index in [1.54, 1.807) is 179 Å². The number of nitrogens with two attached hydrogens (primary N) is 1. The summed E-state index contributed by atoms with van der Waals surface area (Å²) in [7, 11) is 3.48. The van der Waals surface area contributed by atoms with E-state index in [-0.39, 0.29) is 195 Å². The molecule has 0 heterocycles. The quantitative estimate of drug-likeness (QED) is 0.00733. The van der Waals surface area contributed by atoms with Crippen molar-refractivity contribution in [3.8, 4) is 0 Å². The Morgan fingerprint density at radius 1 is 0.329 bits per heavy atom. The molecule has 0 fully saturated rings. The smallest absolute Gasteiger partial charge is 1.00 e. The van der Waals surface area contributed by atoms with Gasteiger partial charge in [0, 0.05) is 23.0 Å². The molecule has 12 N–H and O–H groups in total. The van der Waals surface area contributed by atoms with E-state index < -0.39 is 145 Å². The van der Waals surface area contributed by atoms with E-state index in [9.17, 15) is 86.6 Å². The number of hydrogen-bond acceptors (Lipinski definition) is 27. The number of anilines is 3. The van der Waals surface area contributed by atoms with E-state index in [2.05, 4.69) is 53.1 Å². The number of ether oxygens (including phenoxy) is 7. The second-order valence-corrected chi connectivity index (χ2v) is 35.4. The van der Waals surface area contributed by atoms with Crippen LogP contribution in [0.15, 0.2) is 182 Å². The molecule has 146 heavy (non-hydrogen) atoms. The molecule has 0 aliphatic rings. The number of para-hydroxylation sites is 3. The van der Waals surface area contributed by atoms with Gasteiger partial charge < -0.3 is 80.2 Å². The number of ketones is 5. The third-order valence-corrected chi connectivity index (χ3v) is 22.7. The number of halogens is 12. The summed E-state index contributed by atoms with van der Waals surface area (Å²) in [6, 6.07) is 45.0. The Hall–Kier alpha value is -10.0. The standard InChI is InChI=1S/C24H24Cl2N2O8.C24H26Cl2N2O6.C13H15Cl2NO3.C12H13Cl2NO3.C12H15NO4.C7H4Cl2O2.C6H12BrNO.FH.K/c1-13(2)21(36-24(34)27-14-7-4-3-5-8-14)22(32)28-17(11-19(30)31)18(29)12-35-23(33)20-15(25)9-6-10-16(20)26;1-4-18(19(29)13-33-23(31)20-16(25)11-8-12-17(20)26)28-22(30)21(14(2)3)34-24(32)27-15-9-6-5-7-10-15;1-3-10(16-2)11(17)7-19-13(18)12-8(14)5-4-6-9(12)15;1-2-9(15)10(16)6-18-12(17)11-7(13)4-3-5-8(11)14;1-8(2)10(11(14)15)17-12(16)13-9-6-4-3-5-7-9;8-4-2-1-3-5(9)6(4)7(10)11;1-3-5(8-2)6(9)4-7;;/h3-10,13,17,21H,11-12H2,1-2H3,(H,27,34)(H,28,32)(H,30,31);5-12,14,18,21H,4,13H2,1-3H3,(H,27,32)(H,28,30);4-6,10,16H,3,7H2,1-2H3;3-5,9H,2,6,15H2,1H3;3-8,10H,1-2H3,(H,13,16)(H,14,15);1-3H,(H,10,11);5,8H,3-4H2,1-2H3;1H;/q;;;;;;;;+1/p-1/t17-,21-;18-,21-;10-;9-;10-;;5-;;/m00000.0../s1. The molecule has 48 heteroatoms. The van der Waals surface area contributed by atoms with Crippen LogP contribution in [0.25, 0.3) is 0 Å². The molecule has 8 aromatic rings. The number of likely N-dealkylation sites (N-methyl/N-ethyl adjacent to an activating group) is 2. The molecule has 0 aliphatic carbocycles. The zero-order valence-electron chi connectivity index (χ0n) is 81.0. The number of alkyl halides is 1. The van der Waals surface area contributed by atoms with Crippen molar-refractivity contribution in [3.63, 3.8) is 0 Å². The summed E-state index contributed by atoms with van der Waals surface area (Å²) in [6.07, 6.45) is -4.70. The van der Waals surface area contributed by atoms with Crippen LogP contribution < -0.4 is 99.0 Å². The molecule has 0 saturated carbocycles. The Bertz CT molecular complexity index is 5560. The molecule has 0 bridgehead atoms. The van der Waals surface area contributed by atoms with Crippen molar-refractivity contribution in [1.82, 2.24) is 21.3 Å². The van der Waals surface area contributed by atoms with E-state index in [0.717, 1.165) is 6.42 Å². The van der Waals surface area contributed by atoms with Gasteiger partial charge >= 0.3 is 111 Å². The number of nitrogens with one attached hydrogen (secondary N) is 7. The molecular formula is C98H109BrCl10FKN8O27. The number of amides is 5. The molecule has 0 aliphatic heterocycles. The fraction of sp³-hybridized carbons (Fsp3) is 0.337. The summed E-state index contributed by atoms with van der Waals surface area (Å²) in [6.45, 7) is 15.1. The van der Waals surface area contributed by atoms with Gasteiger partial charge in [0.2, 0.25) is 6.10 Å². The minimum Gasteiger partial charge on any atom is -1.00 e. The summed E-state index contributed by atoms with van der Waals surface area (Å²) in [4.78, 5) is 201. The third kappa shape index (κ3) is 49.9. The maximum atomic E-state index is 12.8. The molecule has 0 saturated heterocycles. The molecule has 8 rings (SSSR count). The number of Topliss-reactive ketones (excluding diaryl/α,β-unsaturated/α-hetero) is 5. The molecule has 0 aromatic heterocycles. The molecule has 0 spiro atoms. The summed E-state index contributed by atoms with van der Waals surface area (Å²) in [5, 5.41) is 46.4. The molecule has 5 amide bonds. The second kappa shape index (κ2) is 73.2. The first kappa shape index (κ1) is 136. The minimum atomic E-state index is -1.56. The third-order valence-electron chi connectivity index (χ3n) is 19.0. The van der Waals surface area contributed by atoms with Gasteiger partial charge in [-0.25, -0.2) is 43.2 Å². The molecule has 8 atom stereocenters.